The van der Waals surface area contributed by atoms with E-state index < -0.39 is 22.4 Å². The third-order valence-corrected chi connectivity index (χ3v) is 4.71. The third-order valence-electron chi connectivity index (χ3n) is 3.60. The molecule has 0 aliphatic rings. The average molecular weight is 362 g/mol. The van der Waals surface area contributed by atoms with Gasteiger partial charge >= 0.3 is 5.97 Å². The van der Waals surface area contributed by atoms with E-state index >= 15 is 0 Å². The third kappa shape index (κ3) is 4.67. The van der Waals surface area contributed by atoms with Gasteiger partial charge in [0.05, 0.1) is 17.6 Å². The van der Waals surface area contributed by atoms with Crippen LogP contribution in [0, 0.1) is 6.92 Å². The van der Waals surface area contributed by atoms with Crippen molar-refractivity contribution in [2.24, 2.45) is 0 Å². The first-order valence-electron chi connectivity index (χ1n) is 7.37. The molecule has 0 atom stereocenters. The summed E-state index contributed by atoms with van der Waals surface area (Å²) >= 11 is 0. The zero-order valence-electron chi connectivity index (χ0n) is 14.1. The zero-order chi connectivity index (χ0) is 18.6. The summed E-state index contributed by atoms with van der Waals surface area (Å²) in [7, 11) is -1.92. The van der Waals surface area contributed by atoms with Crippen LogP contribution in [0.2, 0.25) is 0 Å². The Morgan fingerprint density at radius 3 is 2.24 bits per heavy atom. The minimum Gasteiger partial charge on any atom is -0.497 e. The molecule has 0 aliphatic carbocycles. The van der Waals surface area contributed by atoms with Crippen molar-refractivity contribution < 1.29 is 27.5 Å². The van der Waals surface area contributed by atoms with Gasteiger partial charge in [-0.25, -0.2) is 13.2 Å². The summed E-state index contributed by atoms with van der Waals surface area (Å²) in [5.74, 6) is -0.500. The van der Waals surface area contributed by atoms with Gasteiger partial charge in [-0.2, -0.15) is 0 Å². The lowest BCUT2D eigenvalue weighted by Crippen LogP contribution is -2.15. The van der Waals surface area contributed by atoms with Crippen LogP contribution < -0.4 is 4.74 Å². The van der Waals surface area contributed by atoms with E-state index in [1.165, 1.54) is 25.3 Å². The number of carbonyl (C=O) groups excluding carboxylic acids is 2. The molecule has 2 rings (SSSR count). The summed E-state index contributed by atoms with van der Waals surface area (Å²) in [5.41, 5.74) is 1.06. The Bertz CT molecular complexity index is 898. The van der Waals surface area contributed by atoms with Crippen LogP contribution in [0.3, 0.4) is 0 Å². The van der Waals surface area contributed by atoms with Crippen molar-refractivity contribution in [3.63, 3.8) is 0 Å². The molecule has 2 aromatic rings. The van der Waals surface area contributed by atoms with Crippen molar-refractivity contribution in [2.45, 2.75) is 11.8 Å². The van der Waals surface area contributed by atoms with Crippen molar-refractivity contribution in [3.05, 3.63) is 59.2 Å². The zero-order valence-corrected chi connectivity index (χ0v) is 14.9. The van der Waals surface area contributed by atoms with Gasteiger partial charge < -0.3 is 9.47 Å². The molecule has 0 amide bonds. The van der Waals surface area contributed by atoms with Crippen molar-refractivity contribution in [2.75, 3.05) is 20.0 Å². The van der Waals surface area contributed by atoms with Crippen molar-refractivity contribution in [3.8, 4) is 5.75 Å². The van der Waals surface area contributed by atoms with Crippen LogP contribution in [-0.2, 0) is 14.6 Å². The number of esters is 1. The Morgan fingerprint density at radius 1 is 1.04 bits per heavy atom. The van der Waals surface area contributed by atoms with Crippen LogP contribution in [0.5, 0.6) is 5.75 Å². The molecule has 0 aromatic heterocycles. The van der Waals surface area contributed by atoms with Gasteiger partial charge in [-0.05, 0) is 48.9 Å². The van der Waals surface area contributed by atoms with E-state index in [1.54, 1.807) is 31.2 Å². The highest BCUT2D eigenvalue weighted by Gasteiger charge is 2.17. The van der Waals surface area contributed by atoms with Crippen molar-refractivity contribution in [1.29, 1.82) is 0 Å². The number of Topliss-reactive ketones (excluding diaryl/α,β-unsaturated/α-hetero) is 1. The number of sulfone groups is 1. The number of methoxy groups -OCH3 is 1. The topological polar surface area (TPSA) is 86.7 Å². The monoisotopic (exact) mass is 362 g/mol. The lowest BCUT2D eigenvalue weighted by atomic mass is 10.1. The van der Waals surface area contributed by atoms with Gasteiger partial charge in [0.2, 0.25) is 0 Å². The molecular formula is C18H18O6S. The van der Waals surface area contributed by atoms with E-state index in [0.29, 0.717) is 16.9 Å². The predicted molar refractivity (Wildman–Crippen MR) is 91.9 cm³/mol. The summed E-state index contributed by atoms with van der Waals surface area (Å²) < 4.78 is 33.3. The van der Waals surface area contributed by atoms with Gasteiger partial charge in [-0.1, -0.05) is 6.07 Å². The van der Waals surface area contributed by atoms with Crippen LogP contribution in [0.1, 0.15) is 26.3 Å². The molecule has 6 nitrogen and oxygen atoms in total. The highest BCUT2D eigenvalue weighted by molar-refractivity contribution is 7.90. The maximum Gasteiger partial charge on any atom is 0.338 e. The van der Waals surface area contributed by atoms with E-state index in [-0.39, 0.29) is 16.2 Å². The Morgan fingerprint density at radius 2 is 1.68 bits per heavy atom. The molecule has 0 unspecified atom stereocenters. The molecule has 0 bridgehead atoms. The summed E-state index contributed by atoms with van der Waals surface area (Å²) in [4.78, 5) is 24.3. The highest BCUT2D eigenvalue weighted by atomic mass is 32.2. The highest BCUT2D eigenvalue weighted by Crippen LogP contribution is 2.17. The Kier molecular flexibility index (Phi) is 5.58. The fourth-order valence-corrected chi connectivity index (χ4v) is 2.77. The van der Waals surface area contributed by atoms with Crippen LogP contribution in [0.25, 0.3) is 0 Å². The van der Waals surface area contributed by atoms with Gasteiger partial charge in [-0.3, -0.25) is 4.79 Å². The average Bonchev–Trinajstić information content (AvgIpc) is 2.58. The molecule has 0 saturated heterocycles. The van der Waals surface area contributed by atoms with Gasteiger partial charge in [0, 0.05) is 11.8 Å². The number of ether oxygens (including phenoxy) is 2. The lowest BCUT2D eigenvalue weighted by Gasteiger charge is -2.09. The van der Waals surface area contributed by atoms with Crippen LogP contribution in [0.15, 0.2) is 47.4 Å². The fraction of sp³-hybridized carbons (Fsp3) is 0.222. The molecule has 0 heterocycles. The second-order valence-electron chi connectivity index (χ2n) is 5.48. The molecule has 0 spiro atoms. The number of hydrogen-bond acceptors (Lipinski definition) is 6. The molecule has 0 N–H and O–H groups in total. The van der Waals surface area contributed by atoms with Crippen molar-refractivity contribution in [1.82, 2.24) is 0 Å². The van der Waals surface area contributed by atoms with Crippen LogP contribution in [0.4, 0.5) is 0 Å². The first kappa shape index (κ1) is 18.7. The molecule has 25 heavy (non-hydrogen) atoms. The van der Waals surface area contributed by atoms with E-state index in [0.717, 1.165) is 6.26 Å². The molecular weight excluding hydrogens is 344 g/mol. The normalized spacial score (nSPS) is 11.0. The molecule has 0 aliphatic heterocycles. The maximum atomic E-state index is 12.2. The summed E-state index contributed by atoms with van der Waals surface area (Å²) in [6, 6.07) is 10.6. The smallest absolute Gasteiger partial charge is 0.338 e. The van der Waals surface area contributed by atoms with Gasteiger partial charge in [-0.15, -0.1) is 0 Å². The van der Waals surface area contributed by atoms with Gasteiger partial charge in [0.25, 0.3) is 0 Å². The number of carbonyl (C=O) groups is 2. The molecule has 0 saturated carbocycles. The largest absolute Gasteiger partial charge is 0.497 e. The molecule has 7 heteroatoms. The van der Waals surface area contributed by atoms with E-state index in [4.69, 9.17) is 9.47 Å². The summed E-state index contributed by atoms with van der Waals surface area (Å²) in [6.07, 6.45) is 1.06. The first-order chi connectivity index (χ1) is 11.7. The van der Waals surface area contributed by atoms with Crippen LogP contribution >= 0.6 is 0 Å². The quantitative estimate of drug-likeness (QED) is 0.579. The number of rotatable bonds is 6. The lowest BCUT2D eigenvalue weighted by molar-refractivity contribution is 0.0473. The summed E-state index contributed by atoms with van der Waals surface area (Å²) in [6.45, 7) is 1.22. The van der Waals surface area contributed by atoms with Crippen molar-refractivity contribution >= 4 is 21.6 Å². The molecule has 132 valence electrons. The number of aryl methyl sites for hydroxylation is 1. The molecule has 2 aromatic carbocycles. The maximum absolute atomic E-state index is 12.2. The second kappa shape index (κ2) is 7.48. The SMILES string of the molecule is COc1ccc(C(=O)COC(=O)c2cc(S(C)(=O)=O)ccc2C)cc1. The Balaban J connectivity index is 2.10. The van der Waals surface area contributed by atoms with E-state index in [1.807, 2.05) is 0 Å². The van der Waals surface area contributed by atoms with E-state index in [2.05, 4.69) is 0 Å². The number of benzene rings is 2. The fourth-order valence-electron chi connectivity index (χ4n) is 2.12. The second-order valence-corrected chi connectivity index (χ2v) is 7.49. The predicted octanol–water partition coefficient (Wildman–Crippen LogP) is 2.45. The first-order valence-corrected chi connectivity index (χ1v) is 9.26. The minimum absolute atomic E-state index is 0.0199. The van der Waals surface area contributed by atoms with Gasteiger partial charge in [0.1, 0.15) is 5.75 Å². The van der Waals surface area contributed by atoms with Gasteiger partial charge in [0.15, 0.2) is 22.2 Å². The number of hydrogen-bond donors (Lipinski definition) is 0. The summed E-state index contributed by atoms with van der Waals surface area (Å²) in [5, 5.41) is 0. The van der Waals surface area contributed by atoms with E-state index in [9.17, 15) is 18.0 Å². The molecule has 0 radical (unpaired) electrons. The number of ketones is 1. The Hall–Kier alpha value is -2.67. The van der Waals surface area contributed by atoms with Crippen LogP contribution in [-0.4, -0.2) is 40.1 Å². The molecule has 0 fully saturated rings. The standard InChI is InChI=1S/C18H18O6S/c1-12-4-9-15(25(3,21)22)10-16(12)18(20)24-11-17(19)13-5-7-14(23-2)8-6-13/h4-10H,11H2,1-3H3. The Labute approximate surface area is 146 Å². The minimum atomic E-state index is -3.44.